The Morgan fingerprint density at radius 1 is 0.408 bits per heavy atom. The van der Waals surface area contributed by atoms with Crippen LogP contribution in [0, 0.1) is 0 Å². The molecular weight excluding hydrogens is 638 g/mol. The highest BCUT2D eigenvalue weighted by Gasteiger charge is 2.34. The molecule has 2 heterocycles. The van der Waals surface area contributed by atoms with Crippen LogP contribution in [-0.2, 0) is 9.13 Å². The molecule has 6 heteroatoms. The summed E-state index contributed by atoms with van der Waals surface area (Å²) in [6, 6.07) is 59.4. The van der Waals surface area contributed by atoms with Gasteiger partial charge in [0.15, 0.2) is 14.3 Å². The molecule has 0 atom stereocenters. The first-order chi connectivity index (χ1) is 24.1. The number of nitrogens with zero attached hydrogens (tertiary/aromatic N) is 2. The standard InChI is InChI=1S/C43H30N2O2P2/c46-48(31-16-5-1-6-17-31,32-18-7-2-8-19-32)35-28-29-39-40(30-35)45-42-37(36-24-13-14-25-38(36)43(45)44-39)26-15-27-41(42)49(47,33-20-9-3-10-21-33)34-22-11-4-12-23-34/h1-30H. The molecule has 9 rings (SSSR count). The Balaban J connectivity index is 1.45. The van der Waals surface area contributed by atoms with Gasteiger partial charge < -0.3 is 9.13 Å². The van der Waals surface area contributed by atoms with E-state index in [9.17, 15) is 0 Å². The van der Waals surface area contributed by atoms with Gasteiger partial charge in [0, 0.05) is 42.6 Å². The Morgan fingerprint density at radius 2 is 0.878 bits per heavy atom. The summed E-state index contributed by atoms with van der Waals surface area (Å²) in [5.41, 5.74) is 3.19. The zero-order valence-electron chi connectivity index (χ0n) is 26.4. The second kappa shape index (κ2) is 11.6. The molecular formula is C43H30N2O2P2. The zero-order valence-corrected chi connectivity index (χ0v) is 28.2. The van der Waals surface area contributed by atoms with E-state index in [4.69, 9.17) is 4.98 Å². The molecule has 0 aliphatic carbocycles. The van der Waals surface area contributed by atoms with E-state index in [0.29, 0.717) is 5.30 Å². The highest BCUT2D eigenvalue weighted by Crippen LogP contribution is 2.47. The van der Waals surface area contributed by atoms with Crippen molar-refractivity contribution >= 4 is 84.5 Å². The Morgan fingerprint density at radius 3 is 1.43 bits per heavy atom. The SMILES string of the molecule is O=P(c1ccccc1)(c1ccccc1)c1ccc2nc3c4ccccc4c4cccc(P(=O)(c5ccccc5)c5ccccc5)c4n3c2c1. The van der Waals surface area contributed by atoms with E-state index in [-0.39, 0.29) is 0 Å². The third-order valence-electron chi connectivity index (χ3n) is 9.52. The van der Waals surface area contributed by atoms with Gasteiger partial charge in [0.05, 0.1) is 16.6 Å². The Labute approximate surface area is 284 Å². The number of hydrogen-bond acceptors (Lipinski definition) is 3. The predicted molar refractivity (Wildman–Crippen MR) is 206 cm³/mol. The quantitative estimate of drug-likeness (QED) is 0.133. The van der Waals surface area contributed by atoms with E-state index in [1.165, 1.54) is 0 Å². The van der Waals surface area contributed by atoms with Crippen molar-refractivity contribution in [3.63, 3.8) is 0 Å². The molecule has 7 aromatic carbocycles. The van der Waals surface area contributed by atoms with E-state index in [1.807, 2.05) is 164 Å². The third-order valence-corrected chi connectivity index (χ3v) is 15.7. The number of pyridine rings is 1. The van der Waals surface area contributed by atoms with Gasteiger partial charge >= 0.3 is 0 Å². The molecule has 0 saturated carbocycles. The van der Waals surface area contributed by atoms with Crippen LogP contribution in [0.25, 0.3) is 38.4 Å². The normalized spacial score (nSPS) is 12.2. The third kappa shape index (κ3) is 4.49. The van der Waals surface area contributed by atoms with E-state index >= 15 is 9.13 Å². The molecule has 0 N–H and O–H groups in total. The fraction of sp³-hybridized carbons (Fsp3) is 0. The largest absolute Gasteiger partial charge is 0.309 e. The number of hydrogen-bond donors (Lipinski definition) is 0. The number of imidazole rings is 1. The van der Waals surface area contributed by atoms with Crippen molar-refractivity contribution in [1.29, 1.82) is 0 Å². The van der Waals surface area contributed by atoms with Gasteiger partial charge in [-0.2, -0.15) is 0 Å². The Kier molecular flexibility index (Phi) is 6.99. The van der Waals surface area contributed by atoms with Gasteiger partial charge in [0.1, 0.15) is 5.65 Å². The van der Waals surface area contributed by atoms with E-state index in [1.54, 1.807) is 0 Å². The predicted octanol–water partition coefficient (Wildman–Crippen LogP) is 8.07. The van der Waals surface area contributed by atoms with Crippen LogP contribution >= 0.6 is 14.3 Å². The second-order valence-corrected chi connectivity index (χ2v) is 17.7. The Hall–Kier alpha value is -5.53. The minimum absolute atomic E-state index is 0.715. The van der Waals surface area contributed by atoms with Gasteiger partial charge in [-0.1, -0.05) is 158 Å². The van der Waals surface area contributed by atoms with Crippen LogP contribution in [0.1, 0.15) is 0 Å². The topological polar surface area (TPSA) is 51.4 Å². The van der Waals surface area contributed by atoms with Crippen molar-refractivity contribution in [1.82, 2.24) is 9.38 Å². The molecule has 0 aliphatic rings. The first-order valence-electron chi connectivity index (χ1n) is 16.3. The number of rotatable bonds is 6. The average Bonchev–Trinajstić information content (AvgIpc) is 3.58. The van der Waals surface area contributed by atoms with Gasteiger partial charge in [0.25, 0.3) is 0 Å². The highest BCUT2D eigenvalue weighted by atomic mass is 31.2. The molecule has 2 aromatic heterocycles. The maximum atomic E-state index is 16.0. The fourth-order valence-corrected chi connectivity index (χ4v) is 12.8. The van der Waals surface area contributed by atoms with Gasteiger partial charge in [0.2, 0.25) is 0 Å². The van der Waals surface area contributed by atoms with Crippen molar-refractivity contribution in [3.8, 4) is 0 Å². The summed E-state index contributed by atoms with van der Waals surface area (Å²) in [5, 5.41) is 7.51. The molecule has 9 aromatic rings. The van der Waals surface area contributed by atoms with Crippen LogP contribution in [-0.4, -0.2) is 9.38 Å². The molecule has 234 valence electrons. The van der Waals surface area contributed by atoms with Crippen LogP contribution in [0.2, 0.25) is 0 Å². The first kappa shape index (κ1) is 29.6. The zero-order chi connectivity index (χ0) is 33.0. The van der Waals surface area contributed by atoms with Gasteiger partial charge in [-0.15, -0.1) is 0 Å². The molecule has 49 heavy (non-hydrogen) atoms. The molecule has 0 fully saturated rings. The van der Waals surface area contributed by atoms with Crippen molar-refractivity contribution in [2.75, 3.05) is 0 Å². The number of para-hydroxylation sites is 1. The van der Waals surface area contributed by atoms with Crippen LogP contribution in [0.5, 0.6) is 0 Å². The number of fused-ring (bicyclic) bond motifs is 8. The summed E-state index contributed by atoms with van der Waals surface area (Å²) in [6.45, 7) is 0. The van der Waals surface area contributed by atoms with Crippen molar-refractivity contribution in [3.05, 3.63) is 182 Å². The van der Waals surface area contributed by atoms with Crippen LogP contribution in [0.15, 0.2) is 182 Å². The molecule has 0 aliphatic heterocycles. The summed E-state index contributed by atoms with van der Waals surface area (Å²) in [5.74, 6) is 0. The molecule has 0 radical (unpaired) electrons. The molecule has 0 spiro atoms. The minimum Gasteiger partial charge on any atom is -0.309 e. The van der Waals surface area contributed by atoms with Crippen LogP contribution < -0.4 is 31.8 Å². The second-order valence-electron chi connectivity index (χ2n) is 12.2. The molecule has 4 nitrogen and oxygen atoms in total. The average molecular weight is 669 g/mol. The van der Waals surface area contributed by atoms with E-state index < -0.39 is 14.3 Å². The highest BCUT2D eigenvalue weighted by molar-refractivity contribution is 7.86. The maximum absolute atomic E-state index is 16.0. The summed E-state index contributed by atoms with van der Waals surface area (Å²) in [4.78, 5) is 5.21. The van der Waals surface area contributed by atoms with Crippen molar-refractivity contribution in [2.24, 2.45) is 0 Å². The minimum atomic E-state index is -3.40. The van der Waals surface area contributed by atoms with Gasteiger partial charge in [-0.25, -0.2) is 4.98 Å². The summed E-state index contributed by atoms with van der Waals surface area (Å²) in [7, 11) is -6.68. The lowest BCUT2D eigenvalue weighted by Crippen LogP contribution is -2.26. The van der Waals surface area contributed by atoms with E-state index in [2.05, 4.69) is 22.6 Å². The maximum Gasteiger partial charge on any atom is 0.173 e. The summed E-state index contributed by atoms with van der Waals surface area (Å²) in [6.07, 6.45) is 0. The van der Waals surface area contributed by atoms with Gasteiger partial charge in [-0.05, 0) is 29.7 Å². The molecule has 0 unspecified atom stereocenters. The van der Waals surface area contributed by atoms with Crippen molar-refractivity contribution < 1.29 is 9.13 Å². The monoisotopic (exact) mass is 668 g/mol. The van der Waals surface area contributed by atoms with Gasteiger partial charge in [-0.3, -0.25) is 4.40 Å². The lowest BCUT2D eigenvalue weighted by atomic mass is 10.1. The Bertz CT molecular complexity index is 2680. The summed E-state index contributed by atoms with van der Waals surface area (Å²) >= 11 is 0. The lowest BCUT2D eigenvalue weighted by molar-refractivity contribution is 0.591. The van der Waals surface area contributed by atoms with Crippen LogP contribution in [0.3, 0.4) is 0 Å². The summed E-state index contributed by atoms with van der Waals surface area (Å²) < 4.78 is 33.7. The lowest BCUT2D eigenvalue weighted by Gasteiger charge is -2.23. The molecule has 0 saturated heterocycles. The van der Waals surface area contributed by atoms with Crippen molar-refractivity contribution in [2.45, 2.75) is 0 Å². The molecule has 0 amide bonds. The fourth-order valence-electron chi connectivity index (χ4n) is 7.24. The number of aromatic nitrogens is 2. The van der Waals surface area contributed by atoms with Crippen LogP contribution in [0.4, 0.5) is 0 Å². The van der Waals surface area contributed by atoms with E-state index in [0.717, 1.165) is 64.9 Å². The smallest absolute Gasteiger partial charge is 0.173 e. The molecule has 0 bridgehead atoms. The first-order valence-corrected chi connectivity index (χ1v) is 19.7. The number of benzene rings is 7.